The van der Waals surface area contributed by atoms with E-state index in [1.807, 2.05) is 0 Å². The zero-order valence-electron chi connectivity index (χ0n) is 7.79. The molecule has 3 N–H and O–H groups in total. The summed E-state index contributed by atoms with van der Waals surface area (Å²) in [6, 6.07) is 6.46. The van der Waals surface area contributed by atoms with Crippen LogP contribution in [0.15, 0.2) is 36.7 Å². The average Bonchev–Trinajstić information content (AvgIpc) is 2.22. The first-order chi connectivity index (χ1) is 7.24. The number of ether oxygens (including phenoxy) is 1. The third kappa shape index (κ3) is 2.34. The number of phenolic OH excluding ortho intramolecular Hbond substituents is 1. The van der Waals surface area contributed by atoms with E-state index in [0.29, 0.717) is 11.5 Å². The highest BCUT2D eigenvalue weighted by atomic mass is 16.5. The van der Waals surface area contributed by atoms with Crippen LogP contribution in [-0.4, -0.2) is 15.1 Å². The summed E-state index contributed by atoms with van der Waals surface area (Å²) >= 11 is 0. The van der Waals surface area contributed by atoms with Crippen molar-refractivity contribution in [1.29, 1.82) is 0 Å². The van der Waals surface area contributed by atoms with Gasteiger partial charge >= 0.3 is 0 Å². The van der Waals surface area contributed by atoms with E-state index in [9.17, 15) is 5.11 Å². The molecule has 1 aromatic heterocycles. The Morgan fingerprint density at radius 1 is 1.13 bits per heavy atom. The highest BCUT2D eigenvalue weighted by molar-refractivity contribution is 5.35. The van der Waals surface area contributed by atoms with E-state index < -0.39 is 0 Å². The first-order valence-electron chi connectivity index (χ1n) is 4.28. The Morgan fingerprint density at radius 3 is 2.53 bits per heavy atom. The van der Waals surface area contributed by atoms with Crippen molar-refractivity contribution in [2.75, 3.05) is 5.73 Å². The molecule has 0 aliphatic rings. The minimum atomic E-state index is 0.142. The Bertz CT molecular complexity index is 456. The Balaban J connectivity index is 2.18. The van der Waals surface area contributed by atoms with E-state index in [-0.39, 0.29) is 11.7 Å². The van der Waals surface area contributed by atoms with Crippen LogP contribution >= 0.6 is 0 Å². The normalized spacial score (nSPS) is 9.87. The largest absolute Gasteiger partial charge is 0.508 e. The lowest BCUT2D eigenvalue weighted by molar-refractivity contribution is 0.453. The van der Waals surface area contributed by atoms with E-state index in [0.717, 1.165) is 0 Å². The molecule has 0 unspecified atom stereocenters. The second kappa shape index (κ2) is 3.83. The molecule has 0 aliphatic carbocycles. The summed E-state index contributed by atoms with van der Waals surface area (Å²) in [5.41, 5.74) is 5.33. The van der Waals surface area contributed by atoms with Crippen molar-refractivity contribution in [3.63, 3.8) is 0 Å². The zero-order chi connectivity index (χ0) is 10.7. The van der Waals surface area contributed by atoms with Crippen molar-refractivity contribution in [1.82, 2.24) is 9.97 Å². The standard InChI is InChI=1S/C10H9N3O2/c11-10-12-5-9(6-13-10)15-8-3-1-2-7(14)4-8/h1-6,14H,(H2,11,12,13). The number of hydrogen-bond donors (Lipinski definition) is 2. The molecule has 0 amide bonds. The fraction of sp³-hybridized carbons (Fsp3) is 0. The number of nitrogens with zero attached hydrogens (tertiary/aromatic N) is 2. The van der Waals surface area contributed by atoms with Gasteiger partial charge in [-0.15, -0.1) is 0 Å². The van der Waals surface area contributed by atoms with Gasteiger partial charge in [-0.1, -0.05) is 6.07 Å². The van der Waals surface area contributed by atoms with Crippen LogP contribution in [0.1, 0.15) is 0 Å². The summed E-state index contributed by atoms with van der Waals surface area (Å²) in [7, 11) is 0. The SMILES string of the molecule is Nc1ncc(Oc2cccc(O)c2)cn1. The van der Waals surface area contributed by atoms with Crippen molar-refractivity contribution in [2.24, 2.45) is 0 Å². The third-order valence-electron chi connectivity index (χ3n) is 1.70. The van der Waals surface area contributed by atoms with Gasteiger partial charge in [0.15, 0.2) is 5.75 Å². The van der Waals surface area contributed by atoms with Gasteiger partial charge in [-0.2, -0.15) is 0 Å². The summed E-state index contributed by atoms with van der Waals surface area (Å²) in [5, 5.41) is 9.20. The Hall–Kier alpha value is -2.30. The summed E-state index contributed by atoms with van der Waals surface area (Å²) in [5.74, 6) is 1.32. The molecule has 0 saturated heterocycles. The Morgan fingerprint density at radius 2 is 1.87 bits per heavy atom. The molecule has 15 heavy (non-hydrogen) atoms. The number of phenols is 1. The Kier molecular flexibility index (Phi) is 2.37. The molecule has 0 fully saturated rings. The molecular weight excluding hydrogens is 194 g/mol. The van der Waals surface area contributed by atoms with E-state index in [1.54, 1.807) is 18.2 Å². The number of aromatic hydroxyl groups is 1. The van der Waals surface area contributed by atoms with Crippen LogP contribution < -0.4 is 10.5 Å². The molecule has 5 heteroatoms. The number of anilines is 1. The van der Waals surface area contributed by atoms with Gasteiger partial charge in [0, 0.05) is 6.07 Å². The summed E-state index contributed by atoms with van der Waals surface area (Å²) in [6.07, 6.45) is 2.93. The van der Waals surface area contributed by atoms with Gasteiger partial charge in [-0.25, -0.2) is 9.97 Å². The zero-order valence-corrected chi connectivity index (χ0v) is 7.79. The van der Waals surface area contributed by atoms with E-state index in [1.165, 1.54) is 18.5 Å². The summed E-state index contributed by atoms with van der Waals surface area (Å²) in [4.78, 5) is 7.55. The molecule has 0 spiro atoms. The van der Waals surface area contributed by atoms with Crippen LogP contribution in [0.25, 0.3) is 0 Å². The monoisotopic (exact) mass is 203 g/mol. The van der Waals surface area contributed by atoms with Crippen LogP contribution in [0.3, 0.4) is 0 Å². The van der Waals surface area contributed by atoms with Crippen LogP contribution in [0.4, 0.5) is 5.95 Å². The first-order valence-corrected chi connectivity index (χ1v) is 4.28. The average molecular weight is 203 g/mol. The van der Waals surface area contributed by atoms with Gasteiger partial charge in [0.1, 0.15) is 11.5 Å². The van der Waals surface area contributed by atoms with Gasteiger partial charge < -0.3 is 15.6 Å². The molecule has 76 valence electrons. The highest BCUT2D eigenvalue weighted by Crippen LogP contribution is 2.23. The van der Waals surface area contributed by atoms with Gasteiger partial charge in [0.05, 0.1) is 12.4 Å². The van der Waals surface area contributed by atoms with Crippen LogP contribution in [-0.2, 0) is 0 Å². The van der Waals surface area contributed by atoms with Crippen molar-refractivity contribution >= 4 is 5.95 Å². The Labute approximate surface area is 86.2 Å². The molecule has 1 aromatic carbocycles. The van der Waals surface area contributed by atoms with E-state index in [2.05, 4.69) is 9.97 Å². The minimum absolute atomic E-state index is 0.142. The number of benzene rings is 1. The smallest absolute Gasteiger partial charge is 0.220 e. The van der Waals surface area contributed by atoms with E-state index in [4.69, 9.17) is 10.5 Å². The third-order valence-corrected chi connectivity index (χ3v) is 1.70. The molecule has 0 aliphatic heterocycles. The minimum Gasteiger partial charge on any atom is -0.508 e. The lowest BCUT2D eigenvalue weighted by atomic mass is 10.3. The molecule has 0 bridgehead atoms. The lowest BCUT2D eigenvalue weighted by Crippen LogP contribution is -1.94. The molecule has 5 nitrogen and oxygen atoms in total. The quantitative estimate of drug-likeness (QED) is 0.773. The first kappa shape index (κ1) is 9.26. The maximum Gasteiger partial charge on any atom is 0.220 e. The number of nitrogen functional groups attached to an aromatic ring is 1. The van der Waals surface area contributed by atoms with E-state index >= 15 is 0 Å². The number of hydrogen-bond acceptors (Lipinski definition) is 5. The molecule has 2 aromatic rings. The van der Waals surface area contributed by atoms with Crippen molar-refractivity contribution < 1.29 is 9.84 Å². The summed E-state index contributed by atoms with van der Waals surface area (Å²) in [6.45, 7) is 0. The number of aromatic nitrogens is 2. The van der Waals surface area contributed by atoms with Crippen LogP contribution in [0.2, 0.25) is 0 Å². The second-order valence-corrected chi connectivity index (χ2v) is 2.88. The maximum absolute atomic E-state index is 9.20. The fourth-order valence-corrected chi connectivity index (χ4v) is 1.06. The second-order valence-electron chi connectivity index (χ2n) is 2.88. The predicted molar refractivity (Wildman–Crippen MR) is 54.6 cm³/mol. The molecule has 0 radical (unpaired) electrons. The molecule has 2 rings (SSSR count). The number of rotatable bonds is 2. The topological polar surface area (TPSA) is 81.3 Å². The van der Waals surface area contributed by atoms with Crippen LogP contribution in [0, 0.1) is 0 Å². The summed E-state index contributed by atoms with van der Waals surface area (Å²) < 4.78 is 5.37. The molecular formula is C10H9N3O2. The van der Waals surface area contributed by atoms with Gasteiger partial charge in [-0.05, 0) is 12.1 Å². The van der Waals surface area contributed by atoms with Gasteiger partial charge in [-0.3, -0.25) is 0 Å². The van der Waals surface area contributed by atoms with Crippen molar-refractivity contribution in [3.8, 4) is 17.2 Å². The maximum atomic E-state index is 9.20. The highest BCUT2D eigenvalue weighted by Gasteiger charge is 1.99. The molecule has 0 atom stereocenters. The van der Waals surface area contributed by atoms with Gasteiger partial charge in [0.2, 0.25) is 5.95 Å². The molecule has 1 heterocycles. The van der Waals surface area contributed by atoms with Gasteiger partial charge in [0.25, 0.3) is 0 Å². The number of nitrogens with two attached hydrogens (primary N) is 1. The molecule has 0 saturated carbocycles. The lowest BCUT2D eigenvalue weighted by Gasteiger charge is -2.04. The fourth-order valence-electron chi connectivity index (χ4n) is 1.06. The van der Waals surface area contributed by atoms with Crippen molar-refractivity contribution in [2.45, 2.75) is 0 Å². The van der Waals surface area contributed by atoms with Crippen molar-refractivity contribution in [3.05, 3.63) is 36.7 Å². The van der Waals surface area contributed by atoms with Crippen LogP contribution in [0.5, 0.6) is 17.2 Å². The predicted octanol–water partition coefficient (Wildman–Crippen LogP) is 1.56.